The van der Waals surface area contributed by atoms with Crippen molar-refractivity contribution in [2.24, 2.45) is 0 Å². The van der Waals surface area contributed by atoms with Gasteiger partial charge in [0.15, 0.2) is 5.60 Å². The van der Waals surface area contributed by atoms with E-state index in [9.17, 15) is 5.11 Å². The lowest BCUT2D eigenvalue weighted by Crippen LogP contribution is -2.56. The van der Waals surface area contributed by atoms with Gasteiger partial charge >= 0.3 is 0 Å². The van der Waals surface area contributed by atoms with Gasteiger partial charge in [-0.2, -0.15) is 0 Å². The zero-order valence-electron chi connectivity index (χ0n) is 10.6. The van der Waals surface area contributed by atoms with Crippen LogP contribution < -0.4 is 4.74 Å². The molecule has 0 saturated carbocycles. The molecule has 0 bridgehead atoms. The summed E-state index contributed by atoms with van der Waals surface area (Å²) in [4.78, 5) is 0. The maximum absolute atomic E-state index is 10.1. The summed E-state index contributed by atoms with van der Waals surface area (Å²) in [6.45, 7) is 7.33. The summed E-state index contributed by atoms with van der Waals surface area (Å²) in [5.41, 5.74) is 4.04. The Kier molecular flexibility index (Phi) is 2.17. The van der Waals surface area contributed by atoms with Gasteiger partial charge in [0.2, 0.25) is 0 Å². The highest BCUT2D eigenvalue weighted by atomic mass is 16.6. The van der Waals surface area contributed by atoms with Gasteiger partial charge in [0.05, 0.1) is 13.2 Å². The Bertz CT molecular complexity index is 487. The standard InChI is InChI=1S/C14H18O3/c1-8-9(2)13-11(10(3)12(8)15)4-5-14(17-13)6-16-7-14/h15H,4-7H2,1-3H3. The predicted molar refractivity (Wildman–Crippen MR) is 64.8 cm³/mol. The molecule has 92 valence electrons. The number of rotatable bonds is 0. The highest BCUT2D eigenvalue weighted by Gasteiger charge is 2.44. The van der Waals surface area contributed by atoms with E-state index in [2.05, 4.69) is 0 Å². The fourth-order valence-corrected chi connectivity index (χ4v) is 2.76. The van der Waals surface area contributed by atoms with Gasteiger partial charge in [-0.1, -0.05) is 0 Å². The van der Waals surface area contributed by atoms with E-state index in [-0.39, 0.29) is 5.60 Å². The Morgan fingerprint density at radius 1 is 1.06 bits per heavy atom. The lowest BCUT2D eigenvalue weighted by molar-refractivity contribution is -0.170. The summed E-state index contributed by atoms with van der Waals surface area (Å²) >= 11 is 0. The van der Waals surface area contributed by atoms with Crippen LogP contribution in [0.25, 0.3) is 0 Å². The fourth-order valence-electron chi connectivity index (χ4n) is 2.76. The van der Waals surface area contributed by atoms with E-state index < -0.39 is 0 Å². The highest BCUT2D eigenvalue weighted by molar-refractivity contribution is 5.58. The minimum absolute atomic E-state index is 0.0897. The molecule has 3 heteroatoms. The fraction of sp³-hybridized carbons (Fsp3) is 0.571. The molecule has 0 aromatic heterocycles. The molecule has 2 aliphatic heterocycles. The van der Waals surface area contributed by atoms with Crippen LogP contribution in [0.3, 0.4) is 0 Å². The zero-order valence-corrected chi connectivity index (χ0v) is 10.6. The van der Waals surface area contributed by atoms with E-state index in [0.717, 1.165) is 35.3 Å². The van der Waals surface area contributed by atoms with Crippen LogP contribution in [0.1, 0.15) is 28.7 Å². The van der Waals surface area contributed by atoms with Crippen molar-refractivity contribution in [2.45, 2.75) is 39.2 Å². The van der Waals surface area contributed by atoms with Crippen molar-refractivity contribution < 1.29 is 14.6 Å². The molecular formula is C14H18O3. The molecular weight excluding hydrogens is 216 g/mol. The van der Waals surface area contributed by atoms with Gasteiger partial charge in [0.1, 0.15) is 11.5 Å². The van der Waals surface area contributed by atoms with Crippen molar-refractivity contribution >= 4 is 0 Å². The summed E-state index contributed by atoms with van der Waals surface area (Å²) in [6, 6.07) is 0. The summed E-state index contributed by atoms with van der Waals surface area (Å²) < 4.78 is 11.4. The van der Waals surface area contributed by atoms with Crippen molar-refractivity contribution in [3.8, 4) is 11.5 Å². The molecule has 1 aromatic carbocycles. The molecule has 1 aromatic rings. The number of fused-ring (bicyclic) bond motifs is 1. The number of benzene rings is 1. The second-order valence-corrected chi connectivity index (χ2v) is 5.31. The quantitative estimate of drug-likeness (QED) is 0.749. The third kappa shape index (κ3) is 1.38. The first kappa shape index (κ1) is 10.9. The molecule has 2 aliphatic rings. The minimum Gasteiger partial charge on any atom is -0.507 e. The average molecular weight is 234 g/mol. The molecule has 3 rings (SSSR count). The van der Waals surface area contributed by atoms with Crippen LogP contribution in [0.4, 0.5) is 0 Å². The van der Waals surface area contributed by atoms with Gasteiger partial charge in [0.25, 0.3) is 0 Å². The smallest absolute Gasteiger partial charge is 0.156 e. The molecule has 0 amide bonds. The highest BCUT2D eigenvalue weighted by Crippen LogP contribution is 2.44. The molecule has 1 N–H and O–H groups in total. The third-order valence-corrected chi connectivity index (χ3v) is 4.22. The average Bonchev–Trinajstić information content (AvgIpc) is 2.31. The van der Waals surface area contributed by atoms with E-state index >= 15 is 0 Å². The van der Waals surface area contributed by atoms with Gasteiger partial charge < -0.3 is 14.6 Å². The van der Waals surface area contributed by atoms with Gasteiger partial charge in [-0.15, -0.1) is 0 Å². The van der Waals surface area contributed by atoms with Crippen LogP contribution in [-0.4, -0.2) is 23.9 Å². The van der Waals surface area contributed by atoms with Crippen molar-refractivity contribution in [2.75, 3.05) is 13.2 Å². The van der Waals surface area contributed by atoms with E-state index in [1.54, 1.807) is 0 Å². The monoisotopic (exact) mass is 234 g/mol. The van der Waals surface area contributed by atoms with Crippen LogP contribution in [-0.2, 0) is 11.2 Å². The van der Waals surface area contributed by atoms with E-state index in [1.165, 1.54) is 5.56 Å². The number of aromatic hydroxyl groups is 1. The second kappa shape index (κ2) is 3.39. The lowest BCUT2D eigenvalue weighted by Gasteiger charge is -2.45. The van der Waals surface area contributed by atoms with E-state index in [4.69, 9.17) is 9.47 Å². The molecule has 3 nitrogen and oxygen atoms in total. The molecule has 1 fully saturated rings. The summed E-state index contributed by atoms with van der Waals surface area (Å²) in [5.74, 6) is 1.40. The van der Waals surface area contributed by atoms with E-state index in [1.807, 2.05) is 20.8 Å². The van der Waals surface area contributed by atoms with Crippen molar-refractivity contribution in [1.82, 2.24) is 0 Å². The van der Waals surface area contributed by atoms with Crippen molar-refractivity contribution in [1.29, 1.82) is 0 Å². The number of phenols is 1. The predicted octanol–water partition coefficient (Wildman–Crippen LogP) is 2.41. The van der Waals surface area contributed by atoms with Gasteiger partial charge in [0, 0.05) is 5.56 Å². The number of phenolic OH excluding ortho intramolecular Hbond substituents is 1. The minimum atomic E-state index is -0.0897. The van der Waals surface area contributed by atoms with Crippen molar-refractivity contribution in [3.63, 3.8) is 0 Å². The molecule has 1 spiro atoms. The Balaban J connectivity index is 2.13. The van der Waals surface area contributed by atoms with Crippen LogP contribution >= 0.6 is 0 Å². The van der Waals surface area contributed by atoms with Gasteiger partial charge in [-0.25, -0.2) is 0 Å². The number of ether oxygens (including phenoxy) is 2. The zero-order chi connectivity index (χ0) is 12.2. The first-order valence-electron chi connectivity index (χ1n) is 6.12. The topological polar surface area (TPSA) is 38.7 Å². The normalized spacial score (nSPS) is 20.6. The molecule has 1 saturated heterocycles. The van der Waals surface area contributed by atoms with Crippen LogP contribution in [0, 0.1) is 20.8 Å². The third-order valence-electron chi connectivity index (χ3n) is 4.22. The largest absolute Gasteiger partial charge is 0.507 e. The van der Waals surface area contributed by atoms with E-state index in [0.29, 0.717) is 19.0 Å². The summed E-state index contributed by atoms with van der Waals surface area (Å²) in [6.07, 6.45) is 1.96. The first-order chi connectivity index (χ1) is 8.04. The van der Waals surface area contributed by atoms with Crippen molar-refractivity contribution in [3.05, 3.63) is 22.3 Å². The molecule has 2 heterocycles. The maximum Gasteiger partial charge on any atom is 0.156 e. The summed E-state index contributed by atoms with van der Waals surface area (Å²) in [7, 11) is 0. The number of hydrogen-bond donors (Lipinski definition) is 1. The Hall–Kier alpha value is -1.22. The van der Waals surface area contributed by atoms with Gasteiger partial charge in [-0.05, 0) is 50.3 Å². The molecule has 0 aliphatic carbocycles. The molecule has 0 unspecified atom stereocenters. The van der Waals surface area contributed by atoms with Gasteiger partial charge in [-0.3, -0.25) is 0 Å². The lowest BCUT2D eigenvalue weighted by atomic mass is 9.85. The van der Waals surface area contributed by atoms with Crippen LogP contribution in [0.5, 0.6) is 11.5 Å². The Labute approximate surface area is 101 Å². The first-order valence-corrected chi connectivity index (χ1v) is 6.12. The number of hydrogen-bond acceptors (Lipinski definition) is 3. The van der Waals surface area contributed by atoms with Crippen LogP contribution in [0.2, 0.25) is 0 Å². The molecule has 0 radical (unpaired) electrons. The Morgan fingerprint density at radius 2 is 1.76 bits per heavy atom. The van der Waals surface area contributed by atoms with Crippen LogP contribution in [0.15, 0.2) is 0 Å². The SMILES string of the molecule is Cc1c(C)c2c(c(C)c1O)CCC1(COC1)O2. The summed E-state index contributed by atoms with van der Waals surface area (Å²) in [5, 5.41) is 10.1. The molecule has 0 atom stereocenters. The second-order valence-electron chi connectivity index (χ2n) is 5.31. The Morgan fingerprint density at radius 3 is 2.35 bits per heavy atom. The maximum atomic E-state index is 10.1. The molecule has 17 heavy (non-hydrogen) atoms.